The summed E-state index contributed by atoms with van der Waals surface area (Å²) in [5.74, 6) is 0.705. The SMILES string of the molecule is O=C(NCc1cn2c(n1)CCCC2)c1ccc[nH]c1=O. The average Bonchev–Trinajstić information content (AvgIpc) is 2.88. The maximum atomic E-state index is 11.9. The van der Waals surface area contributed by atoms with E-state index in [2.05, 4.69) is 19.9 Å². The van der Waals surface area contributed by atoms with Crippen LogP contribution in [0, 0.1) is 0 Å². The van der Waals surface area contributed by atoms with Gasteiger partial charge >= 0.3 is 0 Å². The second-order valence-corrected chi connectivity index (χ2v) is 4.89. The first-order valence-electron chi connectivity index (χ1n) is 6.75. The average molecular weight is 272 g/mol. The molecule has 0 radical (unpaired) electrons. The van der Waals surface area contributed by atoms with E-state index in [1.165, 1.54) is 25.1 Å². The van der Waals surface area contributed by atoms with Gasteiger partial charge in [-0.25, -0.2) is 4.98 Å². The molecule has 0 bridgehead atoms. The second-order valence-electron chi connectivity index (χ2n) is 4.89. The van der Waals surface area contributed by atoms with E-state index in [4.69, 9.17) is 0 Å². The van der Waals surface area contributed by atoms with Gasteiger partial charge < -0.3 is 14.9 Å². The number of pyridine rings is 1. The van der Waals surface area contributed by atoms with Crippen molar-refractivity contribution < 1.29 is 4.79 Å². The summed E-state index contributed by atoms with van der Waals surface area (Å²) in [5, 5.41) is 2.73. The Morgan fingerprint density at radius 3 is 3.15 bits per heavy atom. The summed E-state index contributed by atoms with van der Waals surface area (Å²) < 4.78 is 2.14. The Morgan fingerprint density at radius 1 is 1.45 bits per heavy atom. The van der Waals surface area contributed by atoms with Crippen LogP contribution in [0.3, 0.4) is 0 Å². The van der Waals surface area contributed by atoms with Crippen LogP contribution >= 0.6 is 0 Å². The topological polar surface area (TPSA) is 79.8 Å². The Bertz CT molecular complexity index is 663. The number of imidazole rings is 1. The molecule has 0 fully saturated rings. The van der Waals surface area contributed by atoms with Crippen molar-refractivity contribution in [1.82, 2.24) is 19.9 Å². The van der Waals surface area contributed by atoms with Gasteiger partial charge in [0.1, 0.15) is 11.4 Å². The molecule has 0 saturated heterocycles. The zero-order chi connectivity index (χ0) is 13.9. The number of nitrogens with zero attached hydrogens (tertiary/aromatic N) is 2. The number of hydrogen-bond acceptors (Lipinski definition) is 3. The van der Waals surface area contributed by atoms with E-state index in [-0.39, 0.29) is 17.0 Å². The van der Waals surface area contributed by atoms with Crippen molar-refractivity contribution in [2.45, 2.75) is 32.4 Å². The predicted octanol–water partition coefficient (Wildman–Crippen LogP) is 0.838. The Kier molecular flexibility index (Phi) is 3.37. The van der Waals surface area contributed by atoms with E-state index in [0.717, 1.165) is 24.5 Å². The minimum atomic E-state index is -0.380. The highest BCUT2D eigenvalue weighted by Crippen LogP contribution is 2.14. The summed E-state index contributed by atoms with van der Waals surface area (Å²) >= 11 is 0. The second kappa shape index (κ2) is 5.32. The fourth-order valence-corrected chi connectivity index (χ4v) is 2.42. The Hall–Kier alpha value is -2.37. The van der Waals surface area contributed by atoms with E-state index < -0.39 is 0 Å². The summed E-state index contributed by atoms with van der Waals surface area (Å²) in [6, 6.07) is 3.14. The quantitative estimate of drug-likeness (QED) is 0.868. The van der Waals surface area contributed by atoms with E-state index in [9.17, 15) is 9.59 Å². The number of rotatable bonds is 3. The summed E-state index contributed by atoms with van der Waals surface area (Å²) in [6.07, 6.45) is 6.82. The van der Waals surface area contributed by atoms with Gasteiger partial charge in [0.15, 0.2) is 0 Å². The largest absolute Gasteiger partial charge is 0.346 e. The van der Waals surface area contributed by atoms with Crippen LogP contribution in [-0.4, -0.2) is 20.4 Å². The van der Waals surface area contributed by atoms with Crippen LogP contribution in [0.5, 0.6) is 0 Å². The Balaban J connectivity index is 1.68. The lowest BCUT2D eigenvalue weighted by Gasteiger charge is -2.11. The van der Waals surface area contributed by atoms with Gasteiger partial charge in [0, 0.05) is 25.4 Å². The maximum Gasteiger partial charge on any atom is 0.260 e. The van der Waals surface area contributed by atoms with Crippen LogP contribution in [0.2, 0.25) is 0 Å². The van der Waals surface area contributed by atoms with Crippen molar-refractivity contribution in [2.75, 3.05) is 0 Å². The van der Waals surface area contributed by atoms with Crippen LogP contribution < -0.4 is 10.9 Å². The van der Waals surface area contributed by atoms with Gasteiger partial charge in [-0.05, 0) is 25.0 Å². The molecule has 2 aromatic heterocycles. The molecule has 0 unspecified atom stereocenters. The van der Waals surface area contributed by atoms with Gasteiger partial charge in [0.2, 0.25) is 0 Å². The molecule has 1 amide bonds. The predicted molar refractivity (Wildman–Crippen MR) is 73.4 cm³/mol. The number of amides is 1. The van der Waals surface area contributed by atoms with Crippen LogP contribution in [0.4, 0.5) is 0 Å². The molecule has 0 aliphatic carbocycles. The molecule has 0 aromatic carbocycles. The van der Waals surface area contributed by atoms with Crippen molar-refractivity contribution >= 4 is 5.91 Å². The highest BCUT2D eigenvalue weighted by atomic mass is 16.2. The number of aryl methyl sites for hydroxylation is 2. The van der Waals surface area contributed by atoms with Gasteiger partial charge in [-0.2, -0.15) is 0 Å². The third-order valence-electron chi connectivity index (χ3n) is 3.45. The summed E-state index contributed by atoms with van der Waals surface area (Å²) in [5.41, 5.74) is 0.577. The van der Waals surface area contributed by atoms with Crippen LogP contribution in [0.1, 0.15) is 34.7 Å². The molecule has 0 saturated carbocycles. The van der Waals surface area contributed by atoms with Crippen molar-refractivity contribution in [2.24, 2.45) is 0 Å². The molecule has 104 valence electrons. The molecule has 0 spiro atoms. The molecule has 6 heteroatoms. The van der Waals surface area contributed by atoms with E-state index in [0.29, 0.717) is 6.54 Å². The smallest absolute Gasteiger partial charge is 0.260 e. The lowest BCUT2D eigenvalue weighted by molar-refractivity contribution is 0.0949. The van der Waals surface area contributed by atoms with Crippen LogP contribution in [-0.2, 0) is 19.5 Å². The molecular formula is C14H16N4O2. The Labute approximate surface area is 115 Å². The number of fused-ring (bicyclic) bond motifs is 1. The monoisotopic (exact) mass is 272 g/mol. The van der Waals surface area contributed by atoms with E-state index >= 15 is 0 Å². The minimum absolute atomic E-state index is 0.122. The van der Waals surface area contributed by atoms with Crippen molar-refractivity contribution in [3.8, 4) is 0 Å². The van der Waals surface area contributed by atoms with E-state index in [1.807, 2.05) is 6.20 Å². The number of aromatic amines is 1. The molecule has 1 aliphatic rings. The van der Waals surface area contributed by atoms with Gasteiger partial charge in [0.25, 0.3) is 11.5 Å². The molecule has 2 N–H and O–H groups in total. The zero-order valence-corrected chi connectivity index (χ0v) is 11.1. The lowest BCUT2D eigenvalue weighted by Crippen LogP contribution is -2.28. The number of carbonyl (C=O) groups is 1. The number of hydrogen-bond donors (Lipinski definition) is 2. The van der Waals surface area contributed by atoms with Crippen LogP contribution in [0.15, 0.2) is 29.3 Å². The number of nitrogens with one attached hydrogen (secondary N) is 2. The Morgan fingerprint density at radius 2 is 2.35 bits per heavy atom. The minimum Gasteiger partial charge on any atom is -0.346 e. The highest BCUT2D eigenvalue weighted by Gasteiger charge is 2.14. The van der Waals surface area contributed by atoms with Gasteiger partial charge in [-0.1, -0.05) is 0 Å². The third kappa shape index (κ3) is 2.49. The molecule has 3 heterocycles. The van der Waals surface area contributed by atoms with Gasteiger partial charge in [-0.15, -0.1) is 0 Å². The zero-order valence-electron chi connectivity index (χ0n) is 11.1. The molecule has 2 aromatic rings. The van der Waals surface area contributed by atoms with Gasteiger partial charge in [-0.3, -0.25) is 9.59 Å². The summed E-state index contributed by atoms with van der Waals surface area (Å²) in [4.78, 5) is 30.4. The highest BCUT2D eigenvalue weighted by molar-refractivity contribution is 5.93. The number of carbonyl (C=O) groups excluding carboxylic acids is 1. The van der Waals surface area contributed by atoms with Crippen molar-refractivity contribution in [3.63, 3.8) is 0 Å². The number of aromatic nitrogens is 3. The summed E-state index contributed by atoms with van der Waals surface area (Å²) in [7, 11) is 0. The molecule has 20 heavy (non-hydrogen) atoms. The molecular weight excluding hydrogens is 256 g/mol. The van der Waals surface area contributed by atoms with Crippen LogP contribution in [0.25, 0.3) is 0 Å². The standard InChI is InChI=1S/C14H16N4O2/c19-13-11(4-3-6-15-13)14(20)16-8-10-9-18-7-2-1-5-12(18)17-10/h3-4,6,9H,1-2,5,7-8H2,(H,15,19)(H,16,20). The fraction of sp³-hybridized carbons (Fsp3) is 0.357. The molecule has 1 aliphatic heterocycles. The lowest BCUT2D eigenvalue weighted by atomic mass is 10.2. The maximum absolute atomic E-state index is 11.9. The van der Waals surface area contributed by atoms with Gasteiger partial charge in [0.05, 0.1) is 12.2 Å². The fourth-order valence-electron chi connectivity index (χ4n) is 2.42. The van der Waals surface area contributed by atoms with E-state index in [1.54, 1.807) is 6.07 Å². The molecule has 3 rings (SSSR count). The first kappa shape index (κ1) is 12.7. The first-order valence-corrected chi connectivity index (χ1v) is 6.75. The van der Waals surface area contributed by atoms with Crippen molar-refractivity contribution in [1.29, 1.82) is 0 Å². The number of H-pyrrole nitrogens is 1. The normalized spacial score (nSPS) is 13.8. The molecule has 6 nitrogen and oxygen atoms in total. The molecule has 0 atom stereocenters. The third-order valence-corrected chi connectivity index (χ3v) is 3.45. The first-order chi connectivity index (χ1) is 9.74. The van der Waals surface area contributed by atoms with Crippen molar-refractivity contribution in [3.05, 3.63) is 52.0 Å². The summed E-state index contributed by atoms with van der Waals surface area (Å²) in [6.45, 7) is 1.34.